The first-order valence-corrected chi connectivity index (χ1v) is 13.5. The SMILES string of the molecule is CCOC(=O)[C@@H]1C(Cc2ccnc(NC(=O)OCOC(=O)C(C)C)c2)C(=O)N1C(=O)NC(C)c1ccc2c(c1)OC(F)(F)O2. The van der Waals surface area contributed by atoms with Crippen molar-refractivity contribution in [2.24, 2.45) is 11.8 Å². The Morgan fingerprint density at radius 1 is 1.05 bits per heavy atom. The zero-order valence-corrected chi connectivity index (χ0v) is 24.1. The normalized spacial score (nSPS) is 18.6. The zero-order chi connectivity index (χ0) is 32.2. The number of ether oxygens (including phenoxy) is 5. The Morgan fingerprint density at radius 3 is 2.48 bits per heavy atom. The van der Waals surface area contributed by atoms with Gasteiger partial charge in [-0.05, 0) is 55.7 Å². The number of esters is 2. The van der Waals surface area contributed by atoms with Crippen LogP contribution in [-0.4, -0.2) is 65.6 Å². The molecule has 0 bridgehead atoms. The van der Waals surface area contributed by atoms with Crippen LogP contribution in [0.5, 0.6) is 11.5 Å². The Labute approximate surface area is 249 Å². The molecular formula is C28H30F2N4O10. The number of likely N-dealkylation sites (tertiary alicyclic amines) is 1. The highest BCUT2D eigenvalue weighted by molar-refractivity contribution is 6.08. The summed E-state index contributed by atoms with van der Waals surface area (Å²) in [6.07, 6.45) is -3.39. The summed E-state index contributed by atoms with van der Waals surface area (Å²) in [5, 5.41) is 4.96. The first-order valence-electron chi connectivity index (χ1n) is 13.5. The topological polar surface area (TPSA) is 172 Å². The van der Waals surface area contributed by atoms with E-state index in [0.717, 1.165) is 4.90 Å². The van der Waals surface area contributed by atoms with Crippen molar-refractivity contribution in [3.63, 3.8) is 0 Å². The summed E-state index contributed by atoms with van der Waals surface area (Å²) in [6.45, 7) is 5.78. The molecule has 0 radical (unpaired) electrons. The lowest BCUT2D eigenvalue weighted by molar-refractivity contribution is -0.286. The number of nitrogens with zero attached hydrogens (tertiary/aromatic N) is 2. The van der Waals surface area contributed by atoms with Crippen molar-refractivity contribution in [1.29, 1.82) is 0 Å². The van der Waals surface area contributed by atoms with Crippen LogP contribution in [0.3, 0.4) is 0 Å². The third kappa shape index (κ3) is 7.30. The highest BCUT2D eigenvalue weighted by Crippen LogP contribution is 2.42. The smallest absolute Gasteiger partial charge is 0.464 e. The summed E-state index contributed by atoms with van der Waals surface area (Å²) in [5.74, 6) is -3.69. The van der Waals surface area contributed by atoms with Gasteiger partial charge in [0.1, 0.15) is 5.82 Å². The summed E-state index contributed by atoms with van der Waals surface area (Å²) in [5.41, 5.74) is 0.879. The number of hydrogen-bond donors (Lipinski definition) is 2. The summed E-state index contributed by atoms with van der Waals surface area (Å²) in [7, 11) is 0. The van der Waals surface area contributed by atoms with Crippen LogP contribution in [0.15, 0.2) is 36.5 Å². The van der Waals surface area contributed by atoms with Crippen LogP contribution in [0.1, 0.15) is 44.9 Å². The Bertz CT molecular complexity index is 1450. The second-order valence-corrected chi connectivity index (χ2v) is 10.1. The minimum atomic E-state index is -3.81. The number of alkyl halides is 2. The van der Waals surface area contributed by atoms with Crippen LogP contribution < -0.4 is 20.1 Å². The number of benzene rings is 1. The number of urea groups is 1. The van der Waals surface area contributed by atoms with E-state index in [1.807, 2.05) is 0 Å². The van der Waals surface area contributed by atoms with E-state index in [9.17, 15) is 32.8 Å². The summed E-state index contributed by atoms with van der Waals surface area (Å²) in [6, 6.07) is 4.07. The number of imide groups is 1. The van der Waals surface area contributed by atoms with Crippen LogP contribution in [0.2, 0.25) is 0 Å². The van der Waals surface area contributed by atoms with E-state index in [1.165, 1.54) is 30.5 Å². The lowest BCUT2D eigenvalue weighted by atomic mass is 9.82. The molecule has 1 aromatic carbocycles. The Kier molecular flexibility index (Phi) is 9.50. The Hall–Kier alpha value is -5.02. The number of aromatic nitrogens is 1. The predicted molar refractivity (Wildman–Crippen MR) is 144 cm³/mol. The van der Waals surface area contributed by atoms with E-state index in [1.54, 1.807) is 33.8 Å². The number of carbonyl (C=O) groups is 5. The first kappa shape index (κ1) is 31.9. The van der Waals surface area contributed by atoms with Crippen LogP contribution in [0.4, 0.5) is 24.2 Å². The molecule has 4 amide bonds. The highest BCUT2D eigenvalue weighted by atomic mass is 19.3. The average Bonchev–Trinajstić information content (AvgIpc) is 3.27. The fourth-order valence-electron chi connectivity index (χ4n) is 4.42. The number of β-lactam (4-membered cyclic amide) rings is 1. The van der Waals surface area contributed by atoms with Gasteiger partial charge in [0.2, 0.25) is 12.7 Å². The number of hydrogen-bond acceptors (Lipinski definition) is 11. The Morgan fingerprint density at radius 2 is 1.77 bits per heavy atom. The van der Waals surface area contributed by atoms with Gasteiger partial charge in [0.05, 0.1) is 24.5 Å². The second kappa shape index (κ2) is 13.1. The van der Waals surface area contributed by atoms with Gasteiger partial charge < -0.3 is 29.0 Å². The maximum absolute atomic E-state index is 13.4. The van der Waals surface area contributed by atoms with Gasteiger partial charge in [-0.2, -0.15) is 0 Å². The first-order chi connectivity index (χ1) is 20.8. The maximum Gasteiger partial charge on any atom is 0.586 e. The fourth-order valence-corrected chi connectivity index (χ4v) is 4.42. The van der Waals surface area contributed by atoms with E-state index < -0.39 is 67.0 Å². The van der Waals surface area contributed by atoms with Gasteiger partial charge in [0, 0.05) is 6.20 Å². The van der Waals surface area contributed by atoms with Crippen molar-refractivity contribution < 1.29 is 56.4 Å². The van der Waals surface area contributed by atoms with Gasteiger partial charge in [0.15, 0.2) is 17.5 Å². The molecule has 44 heavy (non-hydrogen) atoms. The van der Waals surface area contributed by atoms with E-state index in [4.69, 9.17) is 14.2 Å². The molecule has 2 aliphatic heterocycles. The number of rotatable bonds is 10. The molecule has 1 saturated heterocycles. The van der Waals surface area contributed by atoms with Gasteiger partial charge in [-0.1, -0.05) is 19.9 Å². The highest BCUT2D eigenvalue weighted by Gasteiger charge is 2.55. The molecule has 4 rings (SSSR count). The molecule has 2 aliphatic rings. The fraction of sp³-hybridized carbons (Fsp3) is 0.429. The summed E-state index contributed by atoms with van der Waals surface area (Å²) < 4.78 is 50.3. The predicted octanol–water partition coefficient (Wildman–Crippen LogP) is 3.51. The van der Waals surface area contributed by atoms with Crippen LogP contribution >= 0.6 is 0 Å². The van der Waals surface area contributed by atoms with Crippen molar-refractivity contribution in [3.05, 3.63) is 47.7 Å². The molecule has 1 fully saturated rings. The molecule has 3 atom stereocenters. The molecule has 14 nitrogen and oxygen atoms in total. The number of pyridine rings is 1. The van der Waals surface area contributed by atoms with Gasteiger partial charge in [0.25, 0.3) is 0 Å². The van der Waals surface area contributed by atoms with E-state index in [0.29, 0.717) is 11.1 Å². The lowest BCUT2D eigenvalue weighted by Gasteiger charge is -2.44. The minimum absolute atomic E-state index is 0.00184. The average molecular weight is 621 g/mol. The number of anilines is 1. The van der Waals surface area contributed by atoms with Crippen LogP contribution in [0, 0.1) is 11.8 Å². The third-order valence-corrected chi connectivity index (χ3v) is 6.60. The van der Waals surface area contributed by atoms with Crippen LogP contribution in [-0.2, 0) is 35.0 Å². The molecule has 0 spiro atoms. The maximum atomic E-state index is 13.4. The number of halogens is 2. The van der Waals surface area contributed by atoms with Crippen molar-refractivity contribution in [1.82, 2.24) is 15.2 Å². The van der Waals surface area contributed by atoms with E-state index >= 15 is 0 Å². The molecule has 16 heteroatoms. The van der Waals surface area contributed by atoms with Crippen molar-refractivity contribution in [3.8, 4) is 11.5 Å². The molecule has 2 N–H and O–H groups in total. The van der Waals surface area contributed by atoms with Crippen molar-refractivity contribution in [2.45, 2.75) is 52.5 Å². The lowest BCUT2D eigenvalue weighted by Crippen LogP contribution is -2.69. The third-order valence-electron chi connectivity index (χ3n) is 6.60. The molecule has 1 aromatic heterocycles. The Balaban J connectivity index is 1.39. The molecule has 0 aliphatic carbocycles. The molecule has 2 aromatic rings. The standard InChI is InChI=1S/C28H30F2N4O10/c1-5-40-25(37)22-18(10-16-8-9-31-21(11-16)33-27(39)42-13-41-24(36)14(2)3)23(35)34(22)26(38)32-15(4)17-6-7-19-20(12-17)44-28(29,30)43-19/h6-9,11-12,14-15,18,22H,5,10,13H2,1-4H3,(H,32,38)(H,31,33,39)/t15?,18?,22-/m0/s1. The summed E-state index contributed by atoms with van der Waals surface area (Å²) in [4.78, 5) is 67.4. The number of carbonyl (C=O) groups excluding carboxylic acids is 5. The van der Waals surface area contributed by atoms with Crippen LogP contribution in [0.25, 0.3) is 0 Å². The number of fused-ring (bicyclic) bond motifs is 1. The molecule has 236 valence electrons. The summed E-state index contributed by atoms with van der Waals surface area (Å²) >= 11 is 0. The van der Waals surface area contributed by atoms with E-state index in [-0.39, 0.29) is 30.3 Å². The van der Waals surface area contributed by atoms with Gasteiger partial charge in [-0.25, -0.2) is 24.3 Å². The quantitative estimate of drug-likeness (QED) is 0.226. The van der Waals surface area contributed by atoms with Gasteiger partial charge >= 0.3 is 30.4 Å². The number of nitrogens with one attached hydrogen (secondary N) is 2. The number of amides is 4. The van der Waals surface area contributed by atoms with Gasteiger partial charge in [-0.3, -0.25) is 14.9 Å². The van der Waals surface area contributed by atoms with Gasteiger partial charge in [-0.15, -0.1) is 8.78 Å². The largest absolute Gasteiger partial charge is 0.586 e. The van der Waals surface area contributed by atoms with Crippen molar-refractivity contribution >= 4 is 35.8 Å². The molecule has 3 heterocycles. The molecule has 0 saturated carbocycles. The zero-order valence-electron chi connectivity index (χ0n) is 24.1. The van der Waals surface area contributed by atoms with Crippen molar-refractivity contribution in [2.75, 3.05) is 18.7 Å². The second-order valence-electron chi connectivity index (χ2n) is 10.1. The minimum Gasteiger partial charge on any atom is -0.464 e. The van der Waals surface area contributed by atoms with E-state index in [2.05, 4.69) is 25.1 Å². The molecule has 2 unspecified atom stereocenters. The monoisotopic (exact) mass is 620 g/mol. The molecular weight excluding hydrogens is 590 g/mol.